The lowest BCUT2D eigenvalue weighted by Crippen LogP contribution is -2.41. The summed E-state index contributed by atoms with van der Waals surface area (Å²) in [7, 11) is 0. The molecule has 0 heterocycles. The van der Waals surface area contributed by atoms with Crippen LogP contribution in [0.5, 0.6) is 5.75 Å². The van der Waals surface area contributed by atoms with E-state index < -0.39 is 23.0 Å². The van der Waals surface area contributed by atoms with Gasteiger partial charge in [0.05, 0.1) is 16.8 Å². The number of anilines is 2. The number of nitrogens with one attached hydrogen (secondary N) is 2. The van der Waals surface area contributed by atoms with Crippen molar-refractivity contribution in [2.75, 3.05) is 10.6 Å². The molecule has 2 aromatic rings. The highest BCUT2D eigenvalue weighted by molar-refractivity contribution is 6.31. The van der Waals surface area contributed by atoms with Crippen LogP contribution in [0.3, 0.4) is 0 Å². The highest BCUT2D eigenvalue weighted by atomic mass is 35.5. The number of rotatable bonds is 6. The number of halogens is 2. The van der Waals surface area contributed by atoms with Gasteiger partial charge in [0.1, 0.15) is 17.0 Å². The summed E-state index contributed by atoms with van der Waals surface area (Å²) in [5, 5.41) is 5.20. The van der Waals surface area contributed by atoms with Gasteiger partial charge in [-0.15, -0.1) is 0 Å². The Morgan fingerprint density at radius 1 is 1.07 bits per heavy atom. The second-order valence-electron chi connectivity index (χ2n) is 6.82. The zero-order valence-electron chi connectivity index (χ0n) is 15.6. The van der Waals surface area contributed by atoms with Gasteiger partial charge < -0.3 is 15.4 Å². The fourth-order valence-electron chi connectivity index (χ4n) is 2.17. The predicted octanol–water partition coefficient (Wildman–Crippen LogP) is 4.87. The number of benzene rings is 2. The molecule has 0 radical (unpaired) electrons. The highest BCUT2D eigenvalue weighted by Crippen LogP contribution is 2.28. The van der Waals surface area contributed by atoms with Gasteiger partial charge in [-0.1, -0.05) is 23.7 Å². The van der Waals surface area contributed by atoms with Crippen LogP contribution in [-0.2, 0) is 9.59 Å². The van der Waals surface area contributed by atoms with Gasteiger partial charge >= 0.3 is 0 Å². The van der Waals surface area contributed by atoms with E-state index in [2.05, 4.69) is 10.6 Å². The monoisotopic (exact) mass is 392 g/mol. The van der Waals surface area contributed by atoms with E-state index in [1.165, 1.54) is 26.0 Å². The molecule has 7 heteroatoms. The van der Waals surface area contributed by atoms with Crippen LogP contribution in [0.15, 0.2) is 42.5 Å². The van der Waals surface area contributed by atoms with E-state index >= 15 is 0 Å². The number of carbonyl (C=O) groups is 2. The summed E-state index contributed by atoms with van der Waals surface area (Å²) in [4.78, 5) is 25.3. The van der Waals surface area contributed by atoms with Crippen LogP contribution in [0.1, 0.15) is 27.7 Å². The molecule has 0 saturated heterocycles. The van der Waals surface area contributed by atoms with Gasteiger partial charge in [-0.05, 0) is 58.0 Å². The molecule has 0 aromatic heterocycles. The first kappa shape index (κ1) is 20.7. The van der Waals surface area contributed by atoms with E-state index in [-0.39, 0.29) is 11.1 Å². The Labute approximate surface area is 162 Å². The lowest BCUT2D eigenvalue weighted by Gasteiger charge is -2.24. The van der Waals surface area contributed by atoms with E-state index in [4.69, 9.17) is 16.3 Å². The van der Waals surface area contributed by atoms with Gasteiger partial charge in [0, 0.05) is 5.69 Å². The molecule has 0 atom stereocenters. The van der Waals surface area contributed by atoms with Crippen molar-refractivity contribution in [1.29, 1.82) is 0 Å². The Hall–Kier alpha value is -2.60. The second-order valence-corrected chi connectivity index (χ2v) is 7.23. The van der Waals surface area contributed by atoms with Gasteiger partial charge in [-0.2, -0.15) is 0 Å². The van der Waals surface area contributed by atoms with Gasteiger partial charge in [-0.3, -0.25) is 9.59 Å². The van der Waals surface area contributed by atoms with E-state index in [0.29, 0.717) is 17.1 Å². The second kappa shape index (κ2) is 8.39. The van der Waals surface area contributed by atoms with Crippen molar-refractivity contribution in [3.8, 4) is 5.75 Å². The minimum absolute atomic E-state index is 0.0671. The zero-order chi connectivity index (χ0) is 20.2. The molecule has 0 spiro atoms. The maximum atomic E-state index is 13.2. The van der Waals surface area contributed by atoms with Gasteiger partial charge in [0.25, 0.3) is 0 Å². The zero-order valence-corrected chi connectivity index (χ0v) is 16.4. The quantitative estimate of drug-likeness (QED) is 0.689. The molecule has 2 amide bonds. The molecule has 0 aliphatic rings. The van der Waals surface area contributed by atoms with E-state index in [0.717, 1.165) is 6.07 Å². The molecule has 5 nitrogen and oxygen atoms in total. The summed E-state index contributed by atoms with van der Waals surface area (Å²) in [6.45, 7) is 6.75. The normalized spacial score (nSPS) is 11.2. The summed E-state index contributed by atoms with van der Waals surface area (Å²) in [6.07, 6.45) is -0.0671. The Morgan fingerprint density at radius 3 is 2.33 bits per heavy atom. The van der Waals surface area contributed by atoms with Crippen molar-refractivity contribution < 1.29 is 18.7 Å². The average molecular weight is 393 g/mol. The summed E-state index contributed by atoms with van der Waals surface area (Å²) >= 11 is 5.72. The summed E-state index contributed by atoms with van der Waals surface area (Å²) in [6, 6.07) is 10.8. The molecule has 0 saturated carbocycles. The van der Waals surface area contributed by atoms with Gasteiger partial charge in [-0.25, -0.2) is 4.39 Å². The van der Waals surface area contributed by atoms with Crippen LogP contribution in [-0.4, -0.2) is 17.9 Å². The van der Waals surface area contributed by atoms with Crippen molar-refractivity contribution in [3.05, 3.63) is 53.3 Å². The van der Waals surface area contributed by atoms with Gasteiger partial charge in [0.2, 0.25) is 11.8 Å². The van der Waals surface area contributed by atoms with Crippen LogP contribution in [0.2, 0.25) is 5.02 Å². The topological polar surface area (TPSA) is 67.4 Å². The van der Waals surface area contributed by atoms with Crippen molar-refractivity contribution in [3.63, 3.8) is 0 Å². The van der Waals surface area contributed by atoms with Crippen LogP contribution in [0.4, 0.5) is 15.8 Å². The fraction of sp³-hybridized carbons (Fsp3) is 0.300. The third kappa shape index (κ3) is 5.20. The number of amides is 2. The third-order valence-corrected chi connectivity index (χ3v) is 4.10. The number of carbonyl (C=O) groups excluding carboxylic acids is 2. The van der Waals surface area contributed by atoms with Crippen LogP contribution in [0.25, 0.3) is 0 Å². The molecule has 0 bridgehead atoms. The molecule has 0 unspecified atom stereocenters. The van der Waals surface area contributed by atoms with Gasteiger partial charge in [0.15, 0.2) is 0 Å². The first-order valence-electron chi connectivity index (χ1n) is 8.45. The predicted molar refractivity (Wildman–Crippen MR) is 105 cm³/mol. The number of ether oxygens (including phenoxy) is 1. The molecule has 0 fully saturated rings. The van der Waals surface area contributed by atoms with Crippen LogP contribution in [0, 0.1) is 11.2 Å². The summed E-state index contributed by atoms with van der Waals surface area (Å²) in [5.41, 5.74) is -0.621. The first-order valence-corrected chi connectivity index (χ1v) is 8.82. The SMILES string of the molecule is CC(C)Oc1ccccc1NC(=O)C(C)(C)C(=O)Nc1ccc(F)c(Cl)c1. The Balaban J connectivity index is 2.14. The maximum Gasteiger partial charge on any atom is 0.239 e. The van der Waals surface area contributed by atoms with E-state index in [1.807, 2.05) is 13.8 Å². The first-order chi connectivity index (χ1) is 12.6. The highest BCUT2D eigenvalue weighted by Gasteiger charge is 2.36. The Kier molecular flexibility index (Phi) is 6.44. The number of hydrogen-bond donors (Lipinski definition) is 2. The largest absolute Gasteiger partial charge is 0.489 e. The van der Waals surface area contributed by atoms with Crippen molar-refractivity contribution in [2.45, 2.75) is 33.8 Å². The molecule has 2 aromatic carbocycles. The lowest BCUT2D eigenvalue weighted by molar-refractivity contribution is -0.135. The third-order valence-electron chi connectivity index (χ3n) is 3.81. The van der Waals surface area contributed by atoms with E-state index in [9.17, 15) is 14.0 Å². The number of hydrogen-bond acceptors (Lipinski definition) is 3. The molecule has 0 aliphatic heterocycles. The minimum Gasteiger partial charge on any atom is -0.489 e. The Bertz CT molecular complexity index is 853. The fourth-order valence-corrected chi connectivity index (χ4v) is 2.35. The van der Waals surface area contributed by atoms with Crippen molar-refractivity contribution >= 4 is 34.8 Å². The average Bonchev–Trinajstić information content (AvgIpc) is 2.59. The summed E-state index contributed by atoms with van der Waals surface area (Å²) in [5.74, 6) is -1.13. The number of para-hydroxylation sites is 2. The lowest BCUT2D eigenvalue weighted by atomic mass is 9.90. The molecular formula is C20H22ClFN2O3. The van der Waals surface area contributed by atoms with Crippen LogP contribution >= 0.6 is 11.6 Å². The van der Waals surface area contributed by atoms with Crippen molar-refractivity contribution in [1.82, 2.24) is 0 Å². The molecule has 0 aliphatic carbocycles. The minimum atomic E-state index is -1.40. The molecule has 2 rings (SSSR count). The molecule has 2 N–H and O–H groups in total. The smallest absolute Gasteiger partial charge is 0.239 e. The Morgan fingerprint density at radius 2 is 1.70 bits per heavy atom. The molecular weight excluding hydrogens is 371 g/mol. The van der Waals surface area contributed by atoms with Crippen molar-refractivity contribution in [2.24, 2.45) is 5.41 Å². The molecule has 144 valence electrons. The van der Waals surface area contributed by atoms with E-state index in [1.54, 1.807) is 24.3 Å². The van der Waals surface area contributed by atoms with Crippen LogP contribution < -0.4 is 15.4 Å². The maximum absolute atomic E-state index is 13.2. The molecule has 27 heavy (non-hydrogen) atoms. The standard InChI is InChI=1S/C20H22ClFN2O3/c1-12(2)27-17-8-6-5-7-16(17)24-19(26)20(3,4)18(25)23-13-9-10-15(22)14(21)11-13/h5-12H,1-4H3,(H,23,25)(H,24,26). The summed E-state index contributed by atoms with van der Waals surface area (Å²) < 4.78 is 18.9.